The van der Waals surface area contributed by atoms with Crippen molar-refractivity contribution in [2.75, 3.05) is 6.16 Å². The van der Waals surface area contributed by atoms with Crippen LogP contribution in [0, 0.1) is 16.2 Å². The fourth-order valence-corrected chi connectivity index (χ4v) is 3.45. The summed E-state index contributed by atoms with van der Waals surface area (Å²) < 4.78 is 11.4. The maximum absolute atomic E-state index is 11.4. The van der Waals surface area contributed by atoms with E-state index in [1.807, 2.05) is 48.5 Å². The smallest absolute Gasteiger partial charge is 0.329 e. The van der Waals surface area contributed by atoms with E-state index in [9.17, 15) is 19.5 Å². The Kier molecular flexibility index (Phi) is 4.63. The Morgan fingerprint density at radius 3 is 2.00 bits per heavy atom. The van der Waals surface area contributed by atoms with Crippen LogP contribution >= 0.6 is 7.60 Å². The minimum atomic E-state index is -4.11. The number of aliphatic hydroxyl groups is 1. The molecule has 21 heavy (non-hydrogen) atoms. The van der Waals surface area contributed by atoms with Gasteiger partial charge in [0.25, 0.3) is 0 Å². The van der Waals surface area contributed by atoms with Gasteiger partial charge in [0.05, 0.1) is 6.16 Å². The summed E-state index contributed by atoms with van der Waals surface area (Å²) in [7, 11) is -4.11. The van der Waals surface area contributed by atoms with Crippen molar-refractivity contribution in [3.63, 3.8) is 0 Å². The van der Waals surface area contributed by atoms with Crippen molar-refractivity contribution in [2.24, 2.45) is 16.2 Å². The highest BCUT2D eigenvalue weighted by molar-refractivity contribution is 7.52. The van der Waals surface area contributed by atoms with Crippen LogP contribution < -0.4 is 0 Å². The molecule has 1 aliphatic rings. The molecule has 3 N–H and O–H groups in total. The molecule has 0 aromatic rings. The maximum Gasteiger partial charge on any atom is 0.329 e. The van der Waals surface area contributed by atoms with Crippen LogP contribution in [0.5, 0.6) is 0 Å². The second-order valence-corrected chi connectivity index (χ2v) is 10.0. The fourth-order valence-electron chi connectivity index (χ4n) is 2.72. The van der Waals surface area contributed by atoms with Crippen molar-refractivity contribution in [1.29, 1.82) is 0 Å². The first-order chi connectivity index (χ1) is 9.08. The number of rotatable bonds is 2. The minimum absolute atomic E-state index is 0.220. The zero-order valence-corrected chi connectivity index (χ0v) is 15.1. The molecule has 0 aromatic heterocycles. The molecule has 0 amide bonds. The van der Waals surface area contributed by atoms with Crippen LogP contribution in [0.15, 0.2) is 23.0 Å². The van der Waals surface area contributed by atoms with Gasteiger partial charge in [-0.05, 0) is 22.8 Å². The van der Waals surface area contributed by atoms with E-state index in [0.29, 0.717) is 17.8 Å². The first-order valence-corrected chi connectivity index (χ1v) is 9.06. The highest BCUT2D eigenvalue weighted by Crippen LogP contribution is 2.55. The van der Waals surface area contributed by atoms with E-state index in [-0.39, 0.29) is 17.0 Å². The molecule has 1 aliphatic carbocycles. The quantitative estimate of drug-likeness (QED) is 0.660. The monoisotopic (exact) mass is 316 g/mol. The predicted octanol–water partition coefficient (Wildman–Crippen LogP) is 4.40. The van der Waals surface area contributed by atoms with Gasteiger partial charge in [0.2, 0.25) is 0 Å². The van der Waals surface area contributed by atoms with E-state index < -0.39 is 13.0 Å². The molecule has 0 aliphatic heterocycles. The van der Waals surface area contributed by atoms with Crippen molar-refractivity contribution in [2.45, 2.75) is 54.9 Å². The van der Waals surface area contributed by atoms with Gasteiger partial charge in [-0.1, -0.05) is 60.1 Å². The molecule has 0 bridgehead atoms. The lowest BCUT2D eigenvalue weighted by molar-refractivity contribution is 0.0848. The van der Waals surface area contributed by atoms with E-state index in [1.54, 1.807) is 6.08 Å². The maximum atomic E-state index is 11.4. The lowest BCUT2D eigenvalue weighted by Gasteiger charge is -2.46. The minimum Gasteiger partial charge on any atom is -0.511 e. The van der Waals surface area contributed by atoms with Gasteiger partial charge < -0.3 is 14.9 Å². The summed E-state index contributed by atoms with van der Waals surface area (Å²) in [5.74, 6) is 0.344. The molecule has 0 spiro atoms. The van der Waals surface area contributed by atoms with Crippen molar-refractivity contribution in [1.82, 2.24) is 0 Å². The molecule has 1 unspecified atom stereocenters. The molecule has 0 saturated heterocycles. The van der Waals surface area contributed by atoms with Gasteiger partial charge in [-0.25, -0.2) is 0 Å². The molecule has 1 rings (SSSR count). The summed E-state index contributed by atoms with van der Waals surface area (Å²) in [4.78, 5) is 18.6. The Bertz CT molecular complexity index is 525. The molecular formula is C16H29O4P. The Hall–Kier alpha value is -0.570. The standard InChI is InChI=1S/C16H29O4P/c1-14(2,3)12-8-11(10-21(18,19)20)9-16(7,13(12)17)15(4,5)6/h8,17H,9-10H2,1-7H3,(H2,18,19,20). The van der Waals surface area contributed by atoms with Crippen LogP contribution in [0.1, 0.15) is 54.9 Å². The fraction of sp³-hybridized carbons (Fsp3) is 0.750. The van der Waals surface area contributed by atoms with E-state index >= 15 is 0 Å². The highest BCUT2D eigenvalue weighted by atomic mass is 31.2. The molecule has 1 atom stereocenters. The van der Waals surface area contributed by atoms with Crippen LogP contribution in [0.4, 0.5) is 0 Å². The summed E-state index contributed by atoms with van der Waals surface area (Å²) in [6, 6.07) is 0. The van der Waals surface area contributed by atoms with Gasteiger partial charge >= 0.3 is 7.60 Å². The Labute approximate surface area is 128 Å². The van der Waals surface area contributed by atoms with Gasteiger partial charge in [0, 0.05) is 5.41 Å². The summed E-state index contributed by atoms with van der Waals surface area (Å²) in [5, 5.41) is 10.8. The van der Waals surface area contributed by atoms with Crippen molar-refractivity contribution in [3.05, 3.63) is 23.0 Å². The normalized spacial score (nSPS) is 25.1. The summed E-state index contributed by atoms with van der Waals surface area (Å²) in [6.07, 6.45) is 2.00. The van der Waals surface area contributed by atoms with Gasteiger partial charge in [-0.15, -0.1) is 0 Å². The van der Waals surface area contributed by atoms with Crippen LogP contribution in [-0.2, 0) is 4.57 Å². The first-order valence-electron chi connectivity index (χ1n) is 7.26. The van der Waals surface area contributed by atoms with Crippen LogP contribution in [0.3, 0.4) is 0 Å². The third-order valence-corrected chi connectivity index (χ3v) is 5.40. The molecule has 0 fully saturated rings. The lowest BCUT2D eigenvalue weighted by Crippen LogP contribution is -2.39. The molecule has 4 nitrogen and oxygen atoms in total. The number of hydrogen-bond acceptors (Lipinski definition) is 2. The van der Waals surface area contributed by atoms with Gasteiger partial charge in [0.15, 0.2) is 0 Å². The third-order valence-electron chi connectivity index (χ3n) is 4.58. The Morgan fingerprint density at radius 2 is 1.67 bits per heavy atom. The van der Waals surface area contributed by atoms with Crippen LogP contribution in [0.2, 0.25) is 0 Å². The zero-order chi connectivity index (χ0) is 16.9. The van der Waals surface area contributed by atoms with Gasteiger partial charge in [-0.3, -0.25) is 4.57 Å². The van der Waals surface area contributed by atoms with E-state index in [4.69, 9.17) is 0 Å². The van der Waals surface area contributed by atoms with Gasteiger partial charge in [0.1, 0.15) is 5.76 Å². The van der Waals surface area contributed by atoms with E-state index in [0.717, 1.165) is 5.57 Å². The molecule has 122 valence electrons. The van der Waals surface area contributed by atoms with Crippen LogP contribution in [0.25, 0.3) is 0 Å². The molecule has 0 saturated carbocycles. The summed E-state index contributed by atoms with van der Waals surface area (Å²) >= 11 is 0. The third kappa shape index (κ3) is 4.00. The number of hydrogen-bond donors (Lipinski definition) is 3. The zero-order valence-electron chi connectivity index (χ0n) is 14.2. The topological polar surface area (TPSA) is 77.8 Å². The van der Waals surface area contributed by atoms with Crippen molar-refractivity contribution < 1.29 is 19.5 Å². The molecule has 0 heterocycles. The molecule has 0 aromatic carbocycles. The second-order valence-electron chi connectivity index (χ2n) is 8.40. The second kappa shape index (κ2) is 5.26. The lowest BCUT2D eigenvalue weighted by atomic mass is 9.59. The average molecular weight is 316 g/mol. The number of allylic oxidation sites excluding steroid dienone is 4. The van der Waals surface area contributed by atoms with Crippen LogP contribution in [-0.4, -0.2) is 21.1 Å². The Morgan fingerprint density at radius 1 is 1.19 bits per heavy atom. The van der Waals surface area contributed by atoms with E-state index in [2.05, 4.69) is 0 Å². The summed E-state index contributed by atoms with van der Waals surface area (Å²) in [6.45, 7) is 14.1. The molecular weight excluding hydrogens is 287 g/mol. The molecule has 0 radical (unpaired) electrons. The predicted molar refractivity (Wildman–Crippen MR) is 86.3 cm³/mol. The van der Waals surface area contributed by atoms with Crippen molar-refractivity contribution in [3.8, 4) is 0 Å². The van der Waals surface area contributed by atoms with Crippen molar-refractivity contribution >= 4 is 7.60 Å². The first kappa shape index (κ1) is 18.5. The SMILES string of the molecule is CC(C)(C)C1=C(O)C(C)(C(C)(C)C)CC(CP(=O)(O)O)=C1. The Balaban J connectivity index is 3.47. The molecule has 5 heteroatoms. The summed E-state index contributed by atoms with van der Waals surface area (Å²) in [5.41, 5.74) is 0.451. The highest BCUT2D eigenvalue weighted by Gasteiger charge is 2.46. The largest absolute Gasteiger partial charge is 0.511 e. The average Bonchev–Trinajstić information content (AvgIpc) is 2.17. The number of aliphatic hydroxyl groups excluding tert-OH is 1. The van der Waals surface area contributed by atoms with E-state index in [1.165, 1.54) is 0 Å². The van der Waals surface area contributed by atoms with Gasteiger partial charge in [-0.2, -0.15) is 0 Å².